The quantitative estimate of drug-likeness (QED) is 0.188. The molecule has 1 aliphatic rings. The van der Waals surface area contributed by atoms with Gasteiger partial charge in [-0.2, -0.15) is 0 Å². The first kappa shape index (κ1) is 27.5. The van der Waals surface area contributed by atoms with E-state index in [0.717, 1.165) is 44.3 Å². The van der Waals surface area contributed by atoms with Gasteiger partial charge in [-0.15, -0.1) is 0 Å². The standard InChI is InChI=1S/C45H32N2/c1-45(2)39-11-7-6-10-37(39)38-25-22-36(28-40(38)45)31-14-12-29(13-15-31)30-16-18-33(19-17-30)42-27-24-35-21-20-34-23-26-41(32-8-4-3-5-9-32)46-43(34)44(35)47-42/h3-28H,1-2H3. The number of hydrogen-bond acceptors (Lipinski definition) is 2. The van der Waals surface area contributed by atoms with E-state index in [1.165, 1.54) is 44.5 Å². The SMILES string of the molecule is CC1(C)c2ccccc2-c2ccc(-c3ccc(-c4ccc(-c5ccc6ccc7ccc(-c8ccccc8)nc7c6n5)cc4)cc3)cc21. The van der Waals surface area contributed by atoms with E-state index in [0.29, 0.717) is 0 Å². The van der Waals surface area contributed by atoms with Gasteiger partial charge in [-0.05, 0) is 62.7 Å². The lowest BCUT2D eigenvalue weighted by atomic mass is 9.81. The van der Waals surface area contributed by atoms with Gasteiger partial charge in [-0.3, -0.25) is 0 Å². The average Bonchev–Trinajstić information content (AvgIpc) is 3.37. The van der Waals surface area contributed by atoms with Crippen molar-refractivity contribution in [3.05, 3.63) is 169 Å². The van der Waals surface area contributed by atoms with Gasteiger partial charge in [0.05, 0.1) is 22.4 Å². The normalized spacial score (nSPS) is 13.1. The molecule has 222 valence electrons. The molecule has 47 heavy (non-hydrogen) atoms. The molecule has 0 aliphatic heterocycles. The van der Waals surface area contributed by atoms with Crippen LogP contribution in [0.25, 0.3) is 77.7 Å². The fourth-order valence-electron chi connectivity index (χ4n) is 7.27. The van der Waals surface area contributed by atoms with E-state index in [4.69, 9.17) is 9.97 Å². The summed E-state index contributed by atoms with van der Waals surface area (Å²) in [5.74, 6) is 0. The topological polar surface area (TPSA) is 25.8 Å². The molecule has 0 amide bonds. The Balaban J connectivity index is 1.01. The predicted molar refractivity (Wildman–Crippen MR) is 196 cm³/mol. The number of rotatable bonds is 4. The van der Waals surface area contributed by atoms with Gasteiger partial charge in [0.2, 0.25) is 0 Å². The van der Waals surface area contributed by atoms with Crippen LogP contribution in [0.1, 0.15) is 25.0 Å². The summed E-state index contributed by atoms with van der Waals surface area (Å²) >= 11 is 0. The van der Waals surface area contributed by atoms with Gasteiger partial charge in [-0.25, -0.2) is 9.97 Å². The van der Waals surface area contributed by atoms with Crippen LogP contribution in [0.15, 0.2) is 158 Å². The molecule has 0 saturated heterocycles. The molecule has 2 aromatic heterocycles. The van der Waals surface area contributed by atoms with E-state index in [-0.39, 0.29) is 5.41 Å². The van der Waals surface area contributed by atoms with Gasteiger partial charge in [0.1, 0.15) is 0 Å². The fraction of sp³-hybridized carbons (Fsp3) is 0.0667. The number of pyridine rings is 2. The number of benzene rings is 6. The lowest BCUT2D eigenvalue weighted by molar-refractivity contribution is 0.660. The molecule has 0 fully saturated rings. The first-order chi connectivity index (χ1) is 23.0. The lowest BCUT2D eigenvalue weighted by Gasteiger charge is -2.22. The summed E-state index contributed by atoms with van der Waals surface area (Å²) in [6.45, 7) is 4.67. The summed E-state index contributed by atoms with van der Waals surface area (Å²) in [5.41, 5.74) is 16.3. The van der Waals surface area contributed by atoms with E-state index in [2.05, 4.69) is 153 Å². The van der Waals surface area contributed by atoms with Crippen molar-refractivity contribution < 1.29 is 0 Å². The maximum atomic E-state index is 5.14. The Hall–Kier alpha value is -5.86. The minimum Gasteiger partial charge on any atom is -0.245 e. The Labute approximate surface area is 275 Å². The molecular weight excluding hydrogens is 569 g/mol. The molecule has 1 aliphatic carbocycles. The molecule has 0 bridgehead atoms. The van der Waals surface area contributed by atoms with Crippen molar-refractivity contribution in [2.45, 2.75) is 19.3 Å². The van der Waals surface area contributed by atoms with Crippen molar-refractivity contribution >= 4 is 21.8 Å². The molecule has 0 spiro atoms. The summed E-state index contributed by atoms with van der Waals surface area (Å²) in [6, 6.07) is 56.5. The van der Waals surface area contributed by atoms with Crippen LogP contribution in [0.2, 0.25) is 0 Å². The van der Waals surface area contributed by atoms with Crippen molar-refractivity contribution in [1.29, 1.82) is 0 Å². The third-order valence-electron chi connectivity index (χ3n) is 9.90. The minimum absolute atomic E-state index is 0.00175. The van der Waals surface area contributed by atoms with E-state index in [1.54, 1.807) is 0 Å². The number of fused-ring (bicyclic) bond motifs is 6. The largest absolute Gasteiger partial charge is 0.245 e. The smallest absolute Gasteiger partial charge is 0.0972 e. The second kappa shape index (κ2) is 10.6. The summed E-state index contributed by atoms with van der Waals surface area (Å²) in [7, 11) is 0. The average molecular weight is 601 g/mol. The Morgan fingerprint density at radius 3 is 1.43 bits per heavy atom. The van der Waals surface area contributed by atoms with Gasteiger partial charge >= 0.3 is 0 Å². The zero-order chi connectivity index (χ0) is 31.5. The molecule has 0 saturated carbocycles. The predicted octanol–water partition coefficient (Wildman–Crippen LogP) is 11.8. The number of aromatic nitrogens is 2. The highest BCUT2D eigenvalue weighted by atomic mass is 14.8. The monoisotopic (exact) mass is 600 g/mol. The van der Waals surface area contributed by atoms with E-state index >= 15 is 0 Å². The summed E-state index contributed by atoms with van der Waals surface area (Å²) in [4.78, 5) is 10.2. The molecule has 6 aromatic carbocycles. The minimum atomic E-state index is -0.00175. The third kappa shape index (κ3) is 4.56. The van der Waals surface area contributed by atoms with E-state index < -0.39 is 0 Å². The van der Waals surface area contributed by atoms with Crippen LogP contribution in [0.3, 0.4) is 0 Å². The molecule has 2 heteroatoms. The number of hydrogen-bond donors (Lipinski definition) is 0. The molecule has 2 nitrogen and oxygen atoms in total. The maximum Gasteiger partial charge on any atom is 0.0972 e. The summed E-state index contributed by atoms with van der Waals surface area (Å²) in [5, 5.41) is 2.18. The third-order valence-corrected chi connectivity index (χ3v) is 9.90. The zero-order valence-electron chi connectivity index (χ0n) is 26.4. The molecule has 0 atom stereocenters. The van der Waals surface area contributed by atoms with Crippen molar-refractivity contribution in [2.75, 3.05) is 0 Å². The van der Waals surface area contributed by atoms with E-state index in [1.807, 2.05) is 18.2 Å². The Bertz CT molecular complexity index is 2460. The number of nitrogens with zero attached hydrogens (tertiary/aromatic N) is 2. The molecule has 2 heterocycles. The van der Waals surface area contributed by atoms with Crippen LogP contribution in [0.4, 0.5) is 0 Å². The first-order valence-electron chi connectivity index (χ1n) is 16.2. The molecule has 9 rings (SSSR count). The van der Waals surface area contributed by atoms with Crippen LogP contribution in [-0.4, -0.2) is 9.97 Å². The van der Waals surface area contributed by atoms with Crippen LogP contribution < -0.4 is 0 Å². The second-order valence-electron chi connectivity index (χ2n) is 13.1. The Morgan fingerprint density at radius 2 is 0.809 bits per heavy atom. The Morgan fingerprint density at radius 1 is 0.362 bits per heavy atom. The molecular formula is C45H32N2. The maximum absolute atomic E-state index is 5.14. The zero-order valence-corrected chi connectivity index (χ0v) is 26.4. The van der Waals surface area contributed by atoms with Gasteiger partial charge < -0.3 is 0 Å². The van der Waals surface area contributed by atoms with Crippen molar-refractivity contribution in [3.8, 4) is 55.9 Å². The van der Waals surface area contributed by atoms with Gasteiger partial charge in [0, 0.05) is 27.3 Å². The van der Waals surface area contributed by atoms with Crippen molar-refractivity contribution in [2.24, 2.45) is 0 Å². The second-order valence-corrected chi connectivity index (χ2v) is 13.1. The molecule has 8 aromatic rings. The van der Waals surface area contributed by atoms with Gasteiger partial charge in [0.25, 0.3) is 0 Å². The van der Waals surface area contributed by atoms with Gasteiger partial charge in [0.15, 0.2) is 0 Å². The highest BCUT2D eigenvalue weighted by Gasteiger charge is 2.35. The first-order valence-corrected chi connectivity index (χ1v) is 16.2. The van der Waals surface area contributed by atoms with Crippen LogP contribution in [0.5, 0.6) is 0 Å². The van der Waals surface area contributed by atoms with Crippen LogP contribution in [0, 0.1) is 0 Å². The molecule has 0 unspecified atom stereocenters. The van der Waals surface area contributed by atoms with Crippen LogP contribution in [-0.2, 0) is 5.41 Å². The highest BCUT2D eigenvalue weighted by Crippen LogP contribution is 2.49. The fourth-order valence-corrected chi connectivity index (χ4v) is 7.27. The summed E-state index contributed by atoms with van der Waals surface area (Å²) < 4.78 is 0. The van der Waals surface area contributed by atoms with Crippen LogP contribution >= 0.6 is 0 Å². The highest BCUT2D eigenvalue weighted by molar-refractivity contribution is 6.04. The van der Waals surface area contributed by atoms with Crippen molar-refractivity contribution in [1.82, 2.24) is 9.97 Å². The van der Waals surface area contributed by atoms with E-state index in [9.17, 15) is 0 Å². The molecule has 0 radical (unpaired) electrons. The van der Waals surface area contributed by atoms with Crippen molar-refractivity contribution in [3.63, 3.8) is 0 Å². The summed E-state index contributed by atoms with van der Waals surface area (Å²) in [6.07, 6.45) is 0. The molecule has 0 N–H and O–H groups in total. The Kier molecular flexibility index (Phi) is 6.20. The lowest BCUT2D eigenvalue weighted by Crippen LogP contribution is -2.14. The van der Waals surface area contributed by atoms with Gasteiger partial charge in [-0.1, -0.05) is 153 Å².